The maximum absolute atomic E-state index is 10.1. The Balaban J connectivity index is 2.59. The van der Waals surface area contributed by atoms with E-state index in [1.165, 1.54) is 11.1 Å². The minimum atomic E-state index is -0.761. The predicted octanol–water partition coefficient (Wildman–Crippen LogP) is 2.47. The van der Waals surface area contributed by atoms with Crippen LogP contribution >= 0.6 is 0 Å². The second kappa shape index (κ2) is 5.83. The fraction of sp³-hybridized carbons (Fsp3) is 0.600. The highest BCUT2D eigenvalue weighted by atomic mass is 16.5. The fourth-order valence-electron chi connectivity index (χ4n) is 1.46. The molecule has 0 aliphatic heterocycles. The Labute approximate surface area is 110 Å². The van der Waals surface area contributed by atoms with E-state index in [-0.39, 0.29) is 5.54 Å². The molecule has 0 bridgehead atoms. The quantitative estimate of drug-likeness (QED) is 0.816. The average molecular weight is 251 g/mol. The van der Waals surface area contributed by atoms with E-state index in [2.05, 4.69) is 29.6 Å². The van der Waals surface area contributed by atoms with Crippen molar-refractivity contribution < 1.29 is 9.84 Å². The van der Waals surface area contributed by atoms with Gasteiger partial charge in [0.2, 0.25) is 0 Å². The van der Waals surface area contributed by atoms with Crippen LogP contribution in [0.3, 0.4) is 0 Å². The summed E-state index contributed by atoms with van der Waals surface area (Å²) in [6.07, 6.45) is 0. The van der Waals surface area contributed by atoms with Crippen molar-refractivity contribution in [3.05, 3.63) is 35.4 Å². The molecule has 0 unspecified atom stereocenters. The Kier molecular flexibility index (Phi) is 4.91. The van der Waals surface area contributed by atoms with Gasteiger partial charge in [-0.05, 0) is 38.8 Å². The molecule has 1 aromatic rings. The van der Waals surface area contributed by atoms with Crippen LogP contribution < -0.4 is 5.32 Å². The molecule has 0 saturated carbocycles. The van der Waals surface area contributed by atoms with Crippen molar-refractivity contribution in [1.29, 1.82) is 0 Å². The summed E-state index contributed by atoms with van der Waals surface area (Å²) in [7, 11) is 1.70. The van der Waals surface area contributed by atoms with Crippen molar-refractivity contribution in [2.75, 3.05) is 7.11 Å². The number of aliphatic hydroxyl groups is 1. The predicted molar refractivity (Wildman–Crippen MR) is 74.4 cm³/mol. The summed E-state index contributed by atoms with van der Waals surface area (Å²) < 4.78 is 5.08. The van der Waals surface area contributed by atoms with E-state index in [9.17, 15) is 5.11 Å². The van der Waals surface area contributed by atoms with Crippen molar-refractivity contribution in [3.8, 4) is 0 Å². The van der Waals surface area contributed by atoms with Gasteiger partial charge in [-0.1, -0.05) is 24.3 Å². The van der Waals surface area contributed by atoms with Crippen LogP contribution in [0.2, 0.25) is 0 Å². The zero-order valence-electron chi connectivity index (χ0n) is 12.1. The normalized spacial score (nSPS) is 12.8. The number of hydrogen-bond donors (Lipinski definition) is 2. The molecule has 1 rings (SSSR count). The van der Waals surface area contributed by atoms with E-state index in [4.69, 9.17) is 4.74 Å². The van der Waals surface area contributed by atoms with Gasteiger partial charge in [0.05, 0.1) is 12.2 Å². The van der Waals surface area contributed by atoms with E-state index in [1.54, 1.807) is 7.11 Å². The van der Waals surface area contributed by atoms with Crippen molar-refractivity contribution in [3.63, 3.8) is 0 Å². The molecule has 0 amide bonds. The van der Waals surface area contributed by atoms with Crippen LogP contribution in [0.5, 0.6) is 0 Å². The minimum absolute atomic E-state index is 0.335. The van der Waals surface area contributed by atoms with E-state index < -0.39 is 5.60 Å². The van der Waals surface area contributed by atoms with E-state index >= 15 is 0 Å². The molecule has 18 heavy (non-hydrogen) atoms. The van der Waals surface area contributed by atoms with Crippen LogP contribution in [0, 0.1) is 0 Å². The van der Waals surface area contributed by atoms with Gasteiger partial charge in [-0.25, -0.2) is 0 Å². The van der Waals surface area contributed by atoms with E-state index in [0.29, 0.717) is 6.61 Å². The summed E-state index contributed by atoms with van der Waals surface area (Å²) >= 11 is 0. The van der Waals surface area contributed by atoms with Gasteiger partial charge < -0.3 is 15.2 Å². The second-order valence-corrected chi connectivity index (χ2v) is 5.79. The van der Waals surface area contributed by atoms with Crippen LogP contribution in [-0.2, 0) is 17.9 Å². The zero-order chi connectivity index (χ0) is 13.8. The standard InChI is InChI=1S/C15H25NO2/c1-14(2,15(3,4)17)16-10-12-6-8-13(9-7-12)11-18-5/h6-9,16-17H,10-11H2,1-5H3. The highest BCUT2D eigenvalue weighted by molar-refractivity contribution is 5.22. The first-order chi connectivity index (χ1) is 8.26. The largest absolute Gasteiger partial charge is 0.389 e. The third-order valence-electron chi connectivity index (χ3n) is 3.60. The summed E-state index contributed by atoms with van der Waals surface area (Å²) in [5.74, 6) is 0. The van der Waals surface area contributed by atoms with Gasteiger partial charge in [-0.3, -0.25) is 0 Å². The third-order valence-corrected chi connectivity index (χ3v) is 3.60. The Morgan fingerprint density at radius 1 is 1.06 bits per heavy atom. The molecular formula is C15H25NO2. The Hall–Kier alpha value is -0.900. The van der Waals surface area contributed by atoms with Crippen LogP contribution in [0.1, 0.15) is 38.8 Å². The molecule has 0 saturated heterocycles. The molecule has 0 heterocycles. The molecule has 0 fully saturated rings. The summed E-state index contributed by atoms with van der Waals surface area (Å²) in [6, 6.07) is 8.30. The van der Waals surface area contributed by atoms with Crippen molar-refractivity contribution in [2.45, 2.75) is 52.0 Å². The Morgan fingerprint density at radius 2 is 1.56 bits per heavy atom. The lowest BCUT2D eigenvalue weighted by atomic mass is 9.86. The lowest BCUT2D eigenvalue weighted by Gasteiger charge is -2.38. The first kappa shape index (κ1) is 15.2. The van der Waals surface area contributed by atoms with Gasteiger partial charge >= 0.3 is 0 Å². The first-order valence-electron chi connectivity index (χ1n) is 6.30. The SMILES string of the molecule is COCc1ccc(CNC(C)(C)C(C)(C)O)cc1. The van der Waals surface area contributed by atoms with Crippen LogP contribution in [0.25, 0.3) is 0 Å². The minimum Gasteiger partial charge on any atom is -0.389 e. The van der Waals surface area contributed by atoms with Crippen LogP contribution in [0.15, 0.2) is 24.3 Å². The molecule has 0 radical (unpaired) electrons. The van der Waals surface area contributed by atoms with Gasteiger partial charge in [-0.15, -0.1) is 0 Å². The molecule has 0 aromatic heterocycles. The lowest BCUT2D eigenvalue weighted by molar-refractivity contribution is -0.00531. The maximum atomic E-state index is 10.1. The Morgan fingerprint density at radius 3 is 2.00 bits per heavy atom. The molecule has 3 nitrogen and oxygen atoms in total. The molecule has 2 N–H and O–H groups in total. The number of ether oxygens (including phenoxy) is 1. The molecule has 0 aliphatic carbocycles. The second-order valence-electron chi connectivity index (χ2n) is 5.79. The average Bonchev–Trinajstić information content (AvgIpc) is 2.27. The van der Waals surface area contributed by atoms with Crippen molar-refractivity contribution >= 4 is 0 Å². The summed E-state index contributed by atoms with van der Waals surface area (Å²) in [5.41, 5.74) is 1.27. The molecule has 1 aromatic carbocycles. The number of rotatable bonds is 6. The highest BCUT2D eigenvalue weighted by Gasteiger charge is 2.34. The summed E-state index contributed by atoms with van der Waals surface area (Å²) in [5, 5.41) is 13.4. The number of nitrogens with one attached hydrogen (secondary N) is 1. The topological polar surface area (TPSA) is 41.5 Å². The monoisotopic (exact) mass is 251 g/mol. The number of benzene rings is 1. The summed E-state index contributed by atoms with van der Waals surface area (Å²) in [6.45, 7) is 9.04. The van der Waals surface area contributed by atoms with E-state index in [0.717, 1.165) is 6.54 Å². The van der Waals surface area contributed by atoms with Gasteiger partial charge in [0.25, 0.3) is 0 Å². The number of hydrogen-bond acceptors (Lipinski definition) is 3. The molecule has 0 aliphatic rings. The number of methoxy groups -OCH3 is 1. The van der Waals surface area contributed by atoms with Gasteiger partial charge in [0.15, 0.2) is 0 Å². The van der Waals surface area contributed by atoms with Gasteiger partial charge in [0, 0.05) is 19.2 Å². The van der Waals surface area contributed by atoms with E-state index in [1.807, 2.05) is 27.7 Å². The van der Waals surface area contributed by atoms with Crippen LogP contribution in [0.4, 0.5) is 0 Å². The van der Waals surface area contributed by atoms with Gasteiger partial charge in [-0.2, -0.15) is 0 Å². The molecule has 3 heteroatoms. The Bertz CT molecular complexity index is 363. The first-order valence-corrected chi connectivity index (χ1v) is 6.30. The smallest absolute Gasteiger partial charge is 0.0767 e. The third kappa shape index (κ3) is 4.09. The maximum Gasteiger partial charge on any atom is 0.0767 e. The van der Waals surface area contributed by atoms with Crippen molar-refractivity contribution in [2.24, 2.45) is 0 Å². The fourth-order valence-corrected chi connectivity index (χ4v) is 1.46. The summed E-state index contributed by atoms with van der Waals surface area (Å²) in [4.78, 5) is 0. The highest BCUT2D eigenvalue weighted by Crippen LogP contribution is 2.21. The molecule has 0 spiro atoms. The van der Waals surface area contributed by atoms with Gasteiger partial charge in [0.1, 0.15) is 0 Å². The zero-order valence-corrected chi connectivity index (χ0v) is 12.1. The lowest BCUT2D eigenvalue weighted by Crippen LogP contribution is -2.55. The van der Waals surface area contributed by atoms with Crippen LogP contribution in [-0.4, -0.2) is 23.4 Å². The molecule has 0 atom stereocenters. The van der Waals surface area contributed by atoms with Crippen molar-refractivity contribution in [1.82, 2.24) is 5.32 Å². The molecule has 102 valence electrons. The molecular weight excluding hydrogens is 226 g/mol.